The van der Waals surface area contributed by atoms with Gasteiger partial charge < -0.3 is 0 Å². The average molecular weight is 460 g/mol. The van der Waals surface area contributed by atoms with Crippen LogP contribution in [0.4, 0.5) is 0 Å². The fourth-order valence-electron chi connectivity index (χ4n) is 4.39. The maximum atomic E-state index is 2.48. The number of aromatic nitrogens is 2. The molecule has 0 spiro atoms. The zero-order valence-corrected chi connectivity index (χ0v) is 19.1. The van der Waals surface area contributed by atoms with Crippen molar-refractivity contribution in [3.8, 4) is 28.1 Å². The summed E-state index contributed by atoms with van der Waals surface area (Å²) in [7, 11) is 0. The molecule has 0 bridgehead atoms. The molecule has 1 aliphatic rings. The summed E-state index contributed by atoms with van der Waals surface area (Å²) in [6.07, 6.45) is 7.34. The second kappa shape index (κ2) is 9.01. The Kier molecular flexibility index (Phi) is 6.19. The number of hydrogen-bond acceptors (Lipinski definition) is 0. The van der Waals surface area contributed by atoms with Gasteiger partial charge in [0.1, 0.15) is 11.9 Å². The standard InChI is InChI=1S/C27H27N2.BrH/c1-21-11-17-25(18-12-21)29-26(20-28-19-7-3-6-10-27(28)29)24-15-13-23(14-16-24)22-8-4-2-5-9-22;/h2,4-5,8-9,11-18,20H,3,6-7,10,19H2,1H3;1H/q+1;. The summed E-state index contributed by atoms with van der Waals surface area (Å²) in [6.45, 7) is 3.27. The highest BCUT2D eigenvalue weighted by Crippen LogP contribution is 2.29. The molecule has 0 N–H and O–H groups in total. The first-order valence-electron chi connectivity index (χ1n) is 10.7. The average Bonchev–Trinajstić information content (AvgIpc) is 2.97. The summed E-state index contributed by atoms with van der Waals surface area (Å²) in [5, 5.41) is 0. The third-order valence-corrected chi connectivity index (χ3v) is 5.99. The molecule has 0 saturated carbocycles. The number of benzene rings is 3. The van der Waals surface area contributed by atoms with Gasteiger partial charge in [0, 0.05) is 12.0 Å². The number of aryl methyl sites for hydroxylation is 2. The van der Waals surface area contributed by atoms with E-state index in [1.165, 1.54) is 58.7 Å². The maximum absolute atomic E-state index is 2.48. The largest absolute Gasteiger partial charge is 0.262 e. The van der Waals surface area contributed by atoms with Gasteiger partial charge >= 0.3 is 0 Å². The summed E-state index contributed by atoms with van der Waals surface area (Å²) < 4.78 is 4.95. The van der Waals surface area contributed by atoms with E-state index in [2.05, 4.69) is 101 Å². The third kappa shape index (κ3) is 3.99. The van der Waals surface area contributed by atoms with Crippen LogP contribution in [-0.4, -0.2) is 4.57 Å². The first-order chi connectivity index (χ1) is 14.3. The number of imidazole rings is 1. The monoisotopic (exact) mass is 459 g/mol. The number of halogens is 1. The Hall–Kier alpha value is -2.65. The van der Waals surface area contributed by atoms with Crippen molar-refractivity contribution in [3.63, 3.8) is 0 Å². The first-order valence-corrected chi connectivity index (χ1v) is 10.7. The molecule has 2 nitrogen and oxygen atoms in total. The number of fused-ring (bicyclic) bond motifs is 1. The summed E-state index contributed by atoms with van der Waals surface area (Å²) >= 11 is 0. The SMILES string of the molecule is Br.Cc1ccc(-n2c(-c3ccc(-c4ccccc4)cc3)c[n+]3c2CCCCC3)cc1. The highest BCUT2D eigenvalue weighted by atomic mass is 79.9. The smallest absolute Gasteiger partial charge is 0.233 e. The van der Waals surface area contributed by atoms with Crippen LogP contribution in [0.3, 0.4) is 0 Å². The molecule has 30 heavy (non-hydrogen) atoms. The van der Waals surface area contributed by atoms with Crippen molar-refractivity contribution < 1.29 is 4.57 Å². The lowest BCUT2D eigenvalue weighted by atomic mass is 10.0. The van der Waals surface area contributed by atoms with Crippen molar-refractivity contribution in [1.82, 2.24) is 4.57 Å². The lowest BCUT2D eigenvalue weighted by Crippen LogP contribution is -2.35. The summed E-state index contributed by atoms with van der Waals surface area (Å²) in [5.41, 5.74) is 7.63. The Morgan fingerprint density at radius 3 is 2.10 bits per heavy atom. The molecule has 0 radical (unpaired) electrons. The minimum Gasteiger partial charge on any atom is -0.233 e. The molecule has 152 valence electrons. The molecule has 0 aliphatic carbocycles. The molecule has 0 saturated heterocycles. The highest BCUT2D eigenvalue weighted by Gasteiger charge is 2.27. The molecule has 0 amide bonds. The number of hydrogen-bond donors (Lipinski definition) is 0. The molecule has 4 aromatic rings. The van der Waals surface area contributed by atoms with E-state index in [0.717, 1.165) is 13.0 Å². The van der Waals surface area contributed by atoms with Crippen LogP contribution < -0.4 is 4.57 Å². The van der Waals surface area contributed by atoms with E-state index < -0.39 is 0 Å². The maximum Gasteiger partial charge on any atom is 0.262 e. The third-order valence-electron chi connectivity index (χ3n) is 5.99. The minimum absolute atomic E-state index is 0. The quantitative estimate of drug-likeness (QED) is 0.301. The zero-order valence-electron chi connectivity index (χ0n) is 17.4. The van der Waals surface area contributed by atoms with Gasteiger partial charge in [-0.1, -0.05) is 60.2 Å². The molecule has 3 aromatic carbocycles. The van der Waals surface area contributed by atoms with E-state index in [9.17, 15) is 0 Å². The predicted molar refractivity (Wildman–Crippen MR) is 129 cm³/mol. The van der Waals surface area contributed by atoms with Crippen LogP contribution in [0, 0.1) is 6.92 Å². The molecule has 1 aliphatic heterocycles. The topological polar surface area (TPSA) is 8.81 Å². The van der Waals surface area contributed by atoms with Crippen LogP contribution in [0.15, 0.2) is 85.1 Å². The fourth-order valence-corrected chi connectivity index (χ4v) is 4.39. The van der Waals surface area contributed by atoms with Crippen molar-refractivity contribution in [1.29, 1.82) is 0 Å². The van der Waals surface area contributed by atoms with Crippen LogP contribution in [0.25, 0.3) is 28.1 Å². The van der Waals surface area contributed by atoms with Gasteiger partial charge in [-0.05, 0) is 61.6 Å². The van der Waals surface area contributed by atoms with E-state index in [-0.39, 0.29) is 17.0 Å². The molecule has 2 heterocycles. The Labute approximate surface area is 189 Å². The Morgan fingerprint density at radius 1 is 0.700 bits per heavy atom. The van der Waals surface area contributed by atoms with Crippen molar-refractivity contribution >= 4 is 17.0 Å². The van der Waals surface area contributed by atoms with Crippen molar-refractivity contribution in [3.05, 3.63) is 96.4 Å². The van der Waals surface area contributed by atoms with E-state index in [4.69, 9.17) is 0 Å². The van der Waals surface area contributed by atoms with Crippen molar-refractivity contribution in [2.24, 2.45) is 0 Å². The second-order valence-electron chi connectivity index (χ2n) is 8.05. The molecular formula is C27H28BrN2+. The Morgan fingerprint density at radius 2 is 1.37 bits per heavy atom. The summed E-state index contributed by atoms with van der Waals surface area (Å²) in [4.78, 5) is 0. The van der Waals surface area contributed by atoms with Crippen LogP contribution in [0.1, 0.15) is 30.7 Å². The molecule has 0 atom stereocenters. The highest BCUT2D eigenvalue weighted by molar-refractivity contribution is 8.93. The summed E-state index contributed by atoms with van der Waals surface area (Å²) in [6, 6.07) is 28.5. The van der Waals surface area contributed by atoms with Crippen LogP contribution in [0.5, 0.6) is 0 Å². The fraction of sp³-hybridized carbons (Fsp3) is 0.222. The molecule has 0 unspecified atom stereocenters. The molecule has 0 fully saturated rings. The van der Waals surface area contributed by atoms with Gasteiger partial charge in [-0.25, -0.2) is 4.57 Å². The van der Waals surface area contributed by atoms with E-state index in [1.54, 1.807) is 0 Å². The van der Waals surface area contributed by atoms with Gasteiger partial charge in [0.2, 0.25) is 0 Å². The normalized spacial score (nSPS) is 13.2. The first kappa shape index (κ1) is 20.6. The van der Waals surface area contributed by atoms with Crippen molar-refractivity contribution in [2.45, 2.75) is 39.2 Å². The Balaban J connectivity index is 0.00000218. The van der Waals surface area contributed by atoms with Crippen molar-refractivity contribution in [2.75, 3.05) is 0 Å². The van der Waals surface area contributed by atoms with Crippen LogP contribution in [0.2, 0.25) is 0 Å². The molecule has 3 heteroatoms. The van der Waals surface area contributed by atoms with Gasteiger partial charge in [-0.15, -0.1) is 17.0 Å². The van der Waals surface area contributed by atoms with Crippen LogP contribution >= 0.6 is 17.0 Å². The lowest BCUT2D eigenvalue weighted by molar-refractivity contribution is -0.702. The molecule has 5 rings (SSSR count). The van der Waals surface area contributed by atoms with E-state index in [0.29, 0.717) is 0 Å². The predicted octanol–water partition coefficient (Wildman–Crippen LogP) is 6.71. The van der Waals surface area contributed by atoms with E-state index in [1.807, 2.05) is 0 Å². The van der Waals surface area contributed by atoms with Gasteiger partial charge in [0.05, 0.1) is 6.54 Å². The number of rotatable bonds is 3. The number of nitrogens with zero attached hydrogens (tertiary/aromatic N) is 2. The van der Waals surface area contributed by atoms with Gasteiger partial charge in [0.25, 0.3) is 5.82 Å². The van der Waals surface area contributed by atoms with Gasteiger partial charge in [-0.2, -0.15) is 4.57 Å². The molecular weight excluding hydrogens is 432 g/mol. The van der Waals surface area contributed by atoms with Gasteiger partial charge in [0.15, 0.2) is 5.69 Å². The lowest BCUT2D eigenvalue weighted by Gasteiger charge is -2.07. The van der Waals surface area contributed by atoms with E-state index >= 15 is 0 Å². The Bertz CT molecular complexity index is 1110. The van der Waals surface area contributed by atoms with Crippen LogP contribution in [-0.2, 0) is 13.0 Å². The van der Waals surface area contributed by atoms with Gasteiger partial charge in [-0.3, -0.25) is 0 Å². The minimum atomic E-state index is 0. The second-order valence-corrected chi connectivity index (χ2v) is 8.05. The zero-order chi connectivity index (χ0) is 19.6. The molecule has 1 aromatic heterocycles. The summed E-state index contributed by atoms with van der Waals surface area (Å²) in [5.74, 6) is 1.42.